The Morgan fingerprint density at radius 2 is 1.84 bits per heavy atom. The number of aliphatic carboxylic acids is 1. The first-order valence-electron chi connectivity index (χ1n) is 5.72. The number of carboxylic acids is 1. The van der Waals surface area contributed by atoms with Crippen LogP contribution in [0.3, 0.4) is 0 Å². The van der Waals surface area contributed by atoms with Crippen molar-refractivity contribution >= 4 is 39.0 Å². The van der Waals surface area contributed by atoms with E-state index >= 15 is 0 Å². The van der Waals surface area contributed by atoms with Crippen molar-refractivity contribution in [2.45, 2.75) is 30.6 Å². The predicted octanol–water partition coefficient (Wildman–Crippen LogP) is 3.41. The Morgan fingerprint density at radius 3 is 2.47 bits per heavy atom. The van der Waals surface area contributed by atoms with Crippen LogP contribution in [0.4, 0.5) is 0 Å². The third-order valence-corrected chi connectivity index (χ3v) is 5.04. The second-order valence-electron chi connectivity index (χ2n) is 4.10. The van der Waals surface area contributed by atoms with Crippen LogP contribution >= 0.6 is 23.2 Å². The molecule has 7 heteroatoms. The van der Waals surface area contributed by atoms with E-state index < -0.39 is 15.8 Å². The Labute approximate surface area is 122 Å². The molecule has 0 saturated heterocycles. The van der Waals surface area contributed by atoms with Gasteiger partial charge in [-0.15, -0.1) is 0 Å². The van der Waals surface area contributed by atoms with Crippen molar-refractivity contribution in [3.63, 3.8) is 0 Å². The second kappa shape index (κ2) is 7.12. The molecule has 4 nitrogen and oxygen atoms in total. The molecule has 0 aliphatic carbocycles. The maximum Gasteiger partial charge on any atom is 0.303 e. The molecule has 1 N–H and O–H groups in total. The lowest BCUT2D eigenvalue weighted by Crippen LogP contribution is -2.08. The molecule has 0 fully saturated rings. The van der Waals surface area contributed by atoms with Gasteiger partial charge in [0.1, 0.15) is 0 Å². The van der Waals surface area contributed by atoms with Crippen molar-refractivity contribution < 1.29 is 18.3 Å². The number of rotatable bonds is 7. The molecule has 0 spiro atoms. The molecule has 19 heavy (non-hydrogen) atoms. The topological polar surface area (TPSA) is 71.4 Å². The van der Waals surface area contributed by atoms with Gasteiger partial charge in [-0.3, -0.25) is 4.79 Å². The minimum absolute atomic E-state index is 0.0277. The summed E-state index contributed by atoms with van der Waals surface area (Å²) in [4.78, 5) is 10.3. The van der Waals surface area contributed by atoms with Crippen LogP contribution in [0.2, 0.25) is 10.0 Å². The molecule has 1 aromatic rings. The summed E-state index contributed by atoms with van der Waals surface area (Å²) in [6.45, 7) is 0. The number of unbranched alkanes of at least 4 members (excludes halogenated alkanes) is 2. The molecule has 0 saturated carbocycles. The van der Waals surface area contributed by atoms with Gasteiger partial charge < -0.3 is 5.11 Å². The van der Waals surface area contributed by atoms with E-state index in [1.807, 2.05) is 0 Å². The monoisotopic (exact) mass is 324 g/mol. The fraction of sp³-hybridized carbons (Fsp3) is 0.417. The van der Waals surface area contributed by atoms with Crippen LogP contribution in [0.5, 0.6) is 0 Å². The van der Waals surface area contributed by atoms with Crippen LogP contribution in [0.15, 0.2) is 23.1 Å². The van der Waals surface area contributed by atoms with Crippen LogP contribution in [-0.2, 0) is 14.6 Å². The number of hydrogen-bond acceptors (Lipinski definition) is 3. The zero-order chi connectivity index (χ0) is 14.5. The van der Waals surface area contributed by atoms with Crippen molar-refractivity contribution in [1.29, 1.82) is 0 Å². The number of hydrogen-bond donors (Lipinski definition) is 1. The number of carboxylic acid groups (broad SMARTS) is 1. The molecule has 0 atom stereocenters. The molecular formula is C12H14Cl2O4S. The van der Waals surface area contributed by atoms with Crippen molar-refractivity contribution in [2.75, 3.05) is 5.75 Å². The van der Waals surface area contributed by atoms with Gasteiger partial charge in [-0.25, -0.2) is 8.42 Å². The summed E-state index contributed by atoms with van der Waals surface area (Å²) < 4.78 is 24.1. The largest absolute Gasteiger partial charge is 0.481 e. The van der Waals surface area contributed by atoms with Crippen LogP contribution in [-0.4, -0.2) is 25.2 Å². The summed E-state index contributed by atoms with van der Waals surface area (Å²) in [7, 11) is -3.48. The van der Waals surface area contributed by atoms with E-state index in [9.17, 15) is 13.2 Å². The number of halogens is 2. The summed E-state index contributed by atoms with van der Waals surface area (Å²) >= 11 is 11.6. The summed E-state index contributed by atoms with van der Waals surface area (Å²) in [6, 6.07) is 4.30. The molecule has 0 heterocycles. The molecule has 0 bridgehead atoms. The molecule has 0 aliphatic heterocycles. The van der Waals surface area contributed by atoms with Crippen molar-refractivity contribution in [2.24, 2.45) is 0 Å². The standard InChI is InChI=1S/C12H14Cl2O4S/c13-9-5-6-10(14)11(8-9)19(17,18)7-3-1-2-4-12(15)16/h5-6,8H,1-4,7H2,(H,15,16). The van der Waals surface area contributed by atoms with Gasteiger partial charge in [0.15, 0.2) is 9.84 Å². The zero-order valence-corrected chi connectivity index (χ0v) is 12.4. The smallest absolute Gasteiger partial charge is 0.303 e. The summed E-state index contributed by atoms with van der Waals surface area (Å²) in [6.07, 6.45) is 1.47. The highest BCUT2D eigenvalue weighted by Crippen LogP contribution is 2.26. The first-order chi connectivity index (χ1) is 8.83. The van der Waals surface area contributed by atoms with E-state index in [0.717, 1.165) is 0 Å². The van der Waals surface area contributed by atoms with Crippen molar-refractivity contribution in [3.8, 4) is 0 Å². The number of benzene rings is 1. The second-order valence-corrected chi connectivity index (χ2v) is 7.02. The van der Waals surface area contributed by atoms with Gasteiger partial charge in [0, 0.05) is 11.4 Å². The third-order valence-electron chi connectivity index (χ3n) is 2.53. The molecule has 0 aromatic heterocycles. The maximum atomic E-state index is 12.0. The fourth-order valence-electron chi connectivity index (χ4n) is 1.57. The summed E-state index contributed by atoms with van der Waals surface area (Å²) in [5.74, 6) is -0.937. The third kappa shape index (κ3) is 5.38. The van der Waals surface area contributed by atoms with E-state index in [1.165, 1.54) is 18.2 Å². The van der Waals surface area contributed by atoms with Crippen LogP contribution in [0, 0.1) is 0 Å². The Morgan fingerprint density at radius 1 is 1.16 bits per heavy atom. The van der Waals surface area contributed by atoms with Gasteiger partial charge >= 0.3 is 5.97 Å². The van der Waals surface area contributed by atoms with Gasteiger partial charge in [-0.2, -0.15) is 0 Å². The first kappa shape index (κ1) is 16.3. The molecule has 0 unspecified atom stereocenters. The molecule has 0 aliphatic rings. The van der Waals surface area contributed by atoms with Crippen LogP contribution in [0.25, 0.3) is 0 Å². The molecule has 0 radical (unpaired) electrons. The fourth-order valence-corrected chi connectivity index (χ4v) is 3.75. The Bertz CT molecular complexity index is 555. The van der Waals surface area contributed by atoms with E-state index in [0.29, 0.717) is 24.3 Å². The van der Waals surface area contributed by atoms with Gasteiger partial charge in [-0.05, 0) is 31.0 Å². The Kier molecular flexibility index (Phi) is 6.10. The van der Waals surface area contributed by atoms with E-state index in [2.05, 4.69) is 0 Å². The lowest BCUT2D eigenvalue weighted by atomic mass is 10.2. The van der Waals surface area contributed by atoms with E-state index in [-0.39, 0.29) is 22.1 Å². The van der Waals surface area contributed by atoms with E-state index in [4.69, 9.17) is 28.3 Å². The highest BCUT2D eigenvalue weighted by atomic mass is 35.5. The number of carbonyl (C=O) groups is 1. The highest BCUT2D eigenvalue weighted by Gasteiger charge is 2.18. The van der Waals surface area contributed by atoms with Crippen LogP contribution in [0.1, 0.15) is 25.7 Å². The SMILES string of the molecule is O=C(O)CCCCCS(=O)(=O)c1cc(Cl)ccc1Cl. The molecule has 1 rings (SSSR count). The molecule has 106 valence electrons. The zero-order valence-electron chi connectivity index (χ0n) is 10.1. The summed E-state index contributed by atoms with van der Waals surface area (Å²) in [5.41, 5.74) is 0. The minimum Gasteiger partial charge on any atom is -0.481 e. The first-order valence-corrected chi connectivity index (χ1v) is 8.13. The van der Waals surface area contributed by atoms with Gasteiger partial charge in [0.2, 0.25) is 0 Å². The maximum absolute atomic E-state index is 12.0. The highest BCUT2D eigenvalue weighted by molar-refractivity contribution is 7.91. The molecule has 0 amide bonds. The predicted molar refractivity (Wildman–Crippen MR) is 74.6 cm³/mol. The van der Waals surface area contributed by atoms with Crippen LogP contribution < -0.4 is 0 Å². The lowest BCUT2D eigenvalue weighted by Gasteiger charge is -2.06. The number of sulfone groups is 1. The van der Waals surface area contributed by atoms with Crippen molar-refractivity contribution in [3.05, 3.63) is 28.2 Å². The Hall–Kier alpha value is -0.780. The average molecular weight is 325 g/mol. The van der Waals surface area contributed by atoms with Gasteiger partial charge in [0.05, 0.1) is 15.7 Å². The average Bonchev–Trinajstić information content (AvgIpc) is 2.31. The van der Waals surface area contributed by atoms with Crippen molar-refractivity contribution in [1.82, 2.24) is 0 Å². The van der Waals surface area contributed by atoms with E-state index in [1.54, 1.807) is 0 Å². The minimum atomic E-state index is -3.48. The van der Waals surface area contributed by atoms with Gasteiger partial charge in [-0.1, -0.05) is 29.6 Å². The lowest BCUT2D eigenvalue weighted by molar-refractivity contribution is -0.137. The Balaban J connectivity index is 2.61. The quantitative estimate of drug-likeness (QED) is 0.780. The molecule has 1 aromatic carbocycles. The van der Waals surface area contributed by atoms with Gasteiger partial charge in [0.25, 0.3) is 0 Å². The summed E-state index contributed by atoms with van der Waals surface area (Å²) in [5, 5.41) is 8.93. The molecular weight excluding hydrogens is 311 g/mol. The normalized spacial score (nSPS) is 11.5.